The summed E-state index contributed by atoms with van der Waals surface area (Å²) >= 11 is 0. The van der Waals surface area contributed by atoms with Crippen LogP contribution < -0.4 is 30.3 Å². The summed E-state index contributed by atoms with van der Waals surface area (Å²) in [5.74, 6) is 2.39. The maximum Gasteiger partial charge on any atom is 0.266 e. The lowest BCUT2D eigenvalue weighted by Gasteiger charge is -2.39. The van der Waals surface area contributed by atoms with Crippen molar-refractivity contribution in [1.82, 2.24) is 45.2 Å². The lowest BCUT2D eigenvalue weighted by molar-refractivity contribution is -0.136. The number of anilines is 3. The fourth-order valence-corrected chi connectivity index (χ4v) is 11.3. The Labute approximate surface area is 422 Å². The monoisotopic (exact) mass is 986 g/mol. The molecule has 9 rings (SSSR count). The number of aromatic nitrogens is 5. The molecular formula is C54H71N11O7. The van der Waals surface area contributed by atoms with Crippen LogP contribution in [0, 0.1) is 12.8 Å². The van der Waals surface area contributed by atoms with Crippen molar-refractivity contribution >= 4 is 47.0 Å². The topological polar surface area (TPSA) is 206 Å². The number of likely N-dealkylation sites (tertiary alicyclic amines) is 1. The molecule has 1 unspecified atom stereocenters. The number of aryl methyl sites for hydroxylation is 1. The number of rotatable bonds is 22. The Morgan fingerprint density at radius 1 is 0.847 bits per heavy atom. The Morgan fingerprint density at radius 3 is 2.33 bits per heavy atom. The second-order valence-electron chi connectivity index (χ2n) is 20.2. The predicted molar refractivity (Wildman–Crippen MR) is 272 cm³/mol. The third-order valence-electron chi connectivity index (χ3n) is 15.3. The van der Waals surface area contributed by atoms with Gasteiger partial charge in [0.2, 0.25) is 17.8 Å². The number of hydrogen-bond donors (Lipinski definition) is 3. The number of piperidine rings is 2. The summed E-state index contributed by atoms with van der Waals surface area (Å²) in [6.45, 7) is 8.55. The van der Waals surface area contributed by atoms with E-state index in [9.17, 15) is 24.0 Å². The average molecular weight is 986 g/mol. The van der Waals surface area contributed by atoms with Gasteiger partial charge in [-0.2, -0.15) is 4.98 Å². The maximum atomic E-state index is 13.5. The molecule has 3 fully saturated rings. The molecule has 5 aliphatic rings. The highest BCUT2D eigenvalue weighted by Crippen LogP contribution is 2.42. The molecule has 2 atom stereocenters. The molecule has 2 aromatic carbocycles. The van der Waals surface area contributed by atoms with Gasteiger partial charge in [0.05, 0.1) is 42.8 Å². The lowest BCUT2D eigenvalue weighted by Crippen LogP contribution is -2.54. The number of benzene rings is 2. The van der Waals surface area contributed by atoms with Crippen molar-refractivity contribution in [2.45, 2.75) is 154 Å². The Bertz CT molecular complexity index is 2600. The SMILES string of the molecule is CC[C@@H]1c2nnc(C)n2-c2cnc(Nc3ccc(C(=O)NC4CCN(CCCCCCCCCCCOc5cccc6c5C(=O)N(C5CCC(=O)NC5=O)C6=O)CC4)cc3OC)nc2N1CC1CCCCC1. The number of unbranched alkanes of at least 4 members (excludes halogenated alkanes) is 8. The van der Waals surface area contributed by atoms with Gasteiger partial charge in [-0.05, 0) is 101 Å². The number of hydrogen-bond acceptors (Lipinski definition) is 14. The largest absolute Gasteiger partial charge is 0.495 e. The molecule has 1 aliphatic carbocycles. The number of imide groups is 2. The third kappa shape index (κ3) is 11.3. The van der Waals surface area contributed by atoms with E-state index >= 15 is 0 Å². The Hall–Kier alpha value is -6.43. The lowest BCUT2D eigenvalue weighted by atomic mass is 9.88. The molecule has 0 radical (unpaired) electrons. The van der Waals surface area contributed by atoms with Crippen LogP contribution in [-0.2, 0) is 9.59 Å². The van der Waals surface area contributed by atoms with E-state index in [1.165, 1.54) is 64.2 Å². The molecule has 18 nitrogen and oxygen atoms in total. The van der Waals surface area contributed by atoms with Gasteiger partial charge in [0.1, 0.15) is 29.1 Å². The van der Waals surface area contributed by atoms with Crippen LogP contribution in [0.2, 0.25) is 0 Å². The van der Waals surface area contributed by atoms with Crippen molar-refractivity contribution in [1.29, 1.82) is 0 Å². The third-order valence-corrected chi connectivity index (χ3v) is 15.3. The molecule has 5 amide bonds. The van der Waals surface area contributed by atoms with Crippen molar-refractivity contribution in [3.8, 4) is 17.2 Å². The van der Waals surface area contributed by atoms with Gasteiger partial charge in [-0.15, -0.1) is 10.2 Å². The summed E-state index contributed by atoms with van der Waals surface area (Å²) in [6.07, 6.45) is 21.2. The molecule has 4 aromatic rings. The van der Waals surface area contributed by atoms with Gasteiger partial charge in [-0.25, -0.2) is 4.98 Å². The quantitative estimate of drug-likeness (QED) is 0.0502. The smallest absolute Gasteiger partial charge is 0.266 e. The molecule has 2 saturated heterocycles. The highest BCUT2D eigenvalue weighted by atomic mass is 16.5. The van der Waals surface area contributed by atoms with Crippen LogP contribution in [0.4, 0.5) is 17.5 Å². The Morgan fingerprint density at radius 2 is 1.60 bits per heavy atom. The van der Waals surface area contributed by atoms with Gasteiger partial charge in [-0.3, -0.25) is 38.8 Å². The van der Waals surface area contributed by atoms with Crippen LogP contribution in [0.3, 0.4) is 0 Å². The minimum Gasteiger partial charge on any atom is -0.495 e. The minimum absolute atomic E-state index is 0.0672. The van der Waals surface area contributed by atoms with E-state index in [1.54, 1.807) is 31.4 Å². The molecule has 4 aliphatic heterocycles. The number of carbonyl (C=O) groups is 5. The predicted octanol–water partition coefficient (Wildman–Crippen LogP) is 8.15. The van der Waals surface area contributed by atoms with Crippen LogP contribution in [0.1, 0.15) is 178 Å². The molecule has 1 saturated carbocycles. The summed E-state index contributed by atoms with van der Waals surface area (Å²) in [6, 6.07) is 9.62. The molecule has 72 heavy (non-hydrogen) atoms. The number of methoxy groups -OCH3 is 1. The zero-order chi connectivity index (χ0) is 50.1. The van der Waals surface area contributed by atoms with Crippen molar-refractivity contribution in [3.63, 3.8) is 0 Å². The molecular weight excluding hydrogens is 915 g/mol. The molecule has 0 bridgehead atoms. The van der Waals surface area contributed by atoms with E-state index in [0.717, 1.165) is 99.2 Å². The zero-order valence-electron chi connectivity index (χ0n) is 42.3. The molecule has 0 spiro atoms. The maximum absolute atomic E-state index is 13.5. The summed E-state index contributed by atoms with van der Waals surface area (Å²) < 4.78 is 13.9. The Kier molecular flexibility index (Phi) is 16.4. The second kappa shape index (κ2) is 23.4. The van der Waals surface area contributed by atoms with E-state index in [-0.39, 0.29) is 42.0 Å². The number of carbonyl (C=O) groups excluding carboxylic acids is 5. The molecule has 18 heteroatoms. The minimum atomic E-state index is -1.000. The van der Waals surface area contributed by atoms with E-state index in [1.807, 2.05) is 25.3 Å². The van der Waals surface area contributed by atoms with Gasteiger partial charge >= 0.3 is 0 Å². The highest BCUT2D eigenvalue weighted by Gasteiger charge is 2.46. The van der Waals surface area contributed by atoms with Crippen molar-refractivity contribution in [3.05, 3.63) is 70.9 Å². The van der Waals surface area contributed by atoms with Gasteiger partial charge in [-0.1, -0.05) is 77.2 Å². The normalized spacial score (nSPS) is 19.5. The van der Waals surface area contributed by atoms with Crippen molar-refractivity contribution in [2.75, 3.05) is 50.1 Å². The highest BCUT2D eigenvalue weighted by molar-refractivity contribution is 6.24. The van der Waals surface area contributed by atoms with Gasteiger partial charge in [0.15, 0.2) is 11.6 Å². The fourth-order valence-electron chi connectivity index (χ4n) is 11.3. The molecule has 6 heterocycles. The fraction of sp³-hybridized carbons (Fsp3) is 0.574. The van der Waals surface area contributed by atoms with Gasteiger partial charge < -0.3 is 29.9 Å². The summed E-state index contributed by atoms with van der Waals surface area (Å²) in [5.41, 5.74) is 2.54. The zero-order valence-corrected chi connectivity index (χ0v) is 42.3. The number of amides is 5. The average Bonchev–Trinajstić information content (AvgIpc) is 3.90. The Balaban J connectivity index is 0.652. The van der Waals surface area contributed by atoms with Gasteiger partial charge in [0, 0.05) is 37.7 Å². The number of ether oxygens (including phenoxy) is 2. The summed E-state index contributed by atoms with van der Waals surface area (Å²) in [4.78, 5) is 79.7. The van der Waals surface area contributed by atoms with Crippen molar-refractivity contribution in [2.24, 2.45) is 5.92 Å². The van der Waals surface area contributed by atoms with Gasteiger partial charge in [0.25, 0.3) is 17.7 Å². The molecule has 3 N–H and O–H groups in total. The van der Waals surface area contributed by atoms with E-state index in [4.69, 9.17) is 19.4 Å². The van der Waals surface area contributed by atoms with Crippen LogP contribution in [-0.4, -0.2) is 116 Å². The van der Waals surface area contributed by atoms with E-state index in [0.29, 0.717) is 41.2 Å². The number of nitrogens with one attached hydrogen (secondary N) is 3. The van der Waals surface area contributed by atoms with Crippen molar-refractivity contribution < 1.29 is 33.4 Å². The summed E-state index contributed by atoms with van der Waals surface area (Å²) in [5, 5.41) is 18.0. The molecule has 384 valence electrons. The standard InChI is InChI=1S/C54H71N11O7/c1-4-41-49-61-60-35(2)64(49)43-33-55-54(59-48(43)63(41)34-36-18-13-12-14-19-36)57-40-23-22-37(32-45(40)71-3)50(67)56-38-26-29-62(30-27-38)28-15-10-8-6-5-7-9-11-16-31-72-44-21-17-20-39-47(44)53(70)65(52(39)69)42-24-25-46(66)58-51(42)68/h17,20-23,32-33,36,38,41-42H,4-16,18-19,24-31,34H2,1-3H3,(H,56,67)(H,55,57,59)(H,58,66,68)/t41-,42?/m1/s1. The first-order valence-corrected chi connectivity index (χ1v) is 26.6. The van der Waals surface area contributed by atoms with E-state index < -0.39 is 29.7 Å². The first kappa shape index (κ1) is 50.5. The number of nitrogens with zero attached hydrogens (tertiary/aromatic N) is 8. The van der Waals surface area contributed by atoms with Crippen LogP contribution >= 0.6 is 0 Å². The second-order valence-corrected chi connectivity index (χ2v) is 20.2. The van der Waals surface area contributed by atoms with Crippen LogP contribution in [0.25, 0.3) is 5.69 Å². The van der Waals surface area contributed by atoms with Crippen LogP contribution in [0.5, 0.6) is 11.5 Å². The number of fused-ring (bicyclic) bond motifs is 4. The molecule has 2 aromatic heterocycles. The first-order valence-electron chi connectivity index (χ1n) is 26.6. The first-order chi connectivity index (χ1) is 35.1. The summed E-state index contributed by atoms with van der Waals surface area (Å²) in [7, 11) is 1.61. The van der Waals surface area contributed by atoms with Crippen LogP contribution in [0.15, 0.2) is 42.6 Å². The van der Waals surface area contributed by atoms with E-state index in [2.05, 4.69) is 47.4 Å².